The molecule has 35 heavy (non-hydrogen) atoms. The number of piperazine rings is 1. The number of aromatic nitrogens is 3. The number of aromatic amines is 1. The van der Waals surface area contributed by atoms with Crippen LogP contribution < -0.4 is 10.4 Å². The molecule has 1 atom stereocenters. The van der Waals surface area contributed by atoms with Gasteiger partial charge < -0.3 is 14.8 Å². The molecule has 2 fully saturated rings. The number of hydrogen-bond acceptors (Lipinski definition) is 5. The summed E-state index contributed by atoms with van der Waals surface area (Å²) in [6.45, 7) is 6.56. The minimum Gasteiger partial charge on any atom is -0.353 e. The van der Waals surface area contributed by atoms with Crippen molar-refractivity contribution in [3.05, 3.63) is 59.5 Å². The summed E-state index contributed by atoms with van der Waals surface area (Å²) in [5.74, 6) is 1.70. The molecular weight excluding hydrogens is 459 g/mol. The Kier molecular flexibility index (Phi) is 7.11. The van der Waals surface area contributed by atoms with Crippen LogP contribution in [0.1, 0.15) is 36.5 Å². The Morgan fingerprint density at radius 2 is 1.91 bits per heavy atom. The molecule has 180 valence electrons. The molecule has 1 N–H and O–H groups in total. The standard InChI is InChI=1S/C26H30BClN6O/c1-2-21-17-33(25-23(28)15-19(16-31-25)24-29-9-10-30-24)13-14-34(21)22-7-11-32(12-8-22)26(35)18-3-5-20(27)6-4-18/h3-6,9-10,15-16,21-22H,2,7-8,11-14,17H2,1H3,(H,29,30)/t21-/m0/s1. The highest BCUT2D eigenvalue weighted by Gasteiger charge is 2.34. The lowest BCUT2D eigenvalue weighted by Crippen LogP contribution is -2.58. The molecule has 2 aromatic heterocycles. The van der Waals surface area contributed by atoms with E-state index in [-0.39, 0.29) is 5.91 Å². The number of nitrogens with zero attached hydrogens (tertiary/aromatic N) is 5. The first kappa shape index (κ1) is 23.9. The van der Waals surface area contributed by atoms with Crippen molar-refractivity contribution in [3.8, 4) is 11.4 Å². The Morgan fingerprint density at radius 3 is 2.57 bits per heavy atom. The molecule has 0 spiro atoms. The van der Waals surface area contributed by atoms with Gasteiger partial charge in [0.05, 0.1) is 5.02 Å². The Labute approximate surface area is 212 Å². The van der Waals surface area contributed by atoms with Gasteiger partial charge in [-0.25, -0.2) is 9.97 Å². The van der Waals surface area contributed by atoms with Gasteiger partial charge in [-0.3, -0.25) is 9.69 Å². The van der Waals surface area contributed by atoms with Crippen LogP contribution in [0.4, 0.5) is 5.82 Å². The summed E-state index contributed by atoms with van der Waals surface area (Å²) in [6, 6.07) is 10.1. The molecule has 0 saturated carbocycles. The van der Waals surface area contributed by atoms with Crippen LogP contribution in [0.3, 0.4) is 0 Å². The van der Waals surface area contributed by atoms with Crippen LogP contribution in [0.5, 0.6) is 0 Å². The number of pyridine rings is 1. The molecule has 0 aliphatic carbocycles. The largest absolute Gasteiger partial charge is 0.353 e. The van der Waals surface area contributed by atoms with Crippen LogP contribution in [-0.2, 0) is 0 Å². The second-order valence-corrected chi connectivity index (χ2v) is 9.77. The van der Waals surface area contributed by atoms with Crippen molar-refractivity contribution in [3.63, 3.8) is 0 Å². The van der Waals surface area contributed by atoms with E-state index >= 15 is 0 Å². The van der Waals surface area contributed by atoms with Crippen molar-refractivity contribution < 1.29 is 4.79 Å². The molecule has 4 heterocycles. The SMILES string of the molecule is [B]c1ccc(C(=O)N2CCC(N3CCN(c4ncc(-c5ncc[nH]5)cc4Cl)C[C@@H]3CC)CC2)cc1. The number of amides is 1. The van der Waals surface area contributed by atoms with Gasteiger partial charge in [-0.15, -0.1) is 0 Å². The molecule has 2 radical (unpaired) electrons. The number of hydrogen-bond donors (Lipinski definition) is 1. The Hall–Kier alpha value is -2.84. The molecule has 2 aliphatic heterocycles. The van der Waals surface area contributed by atoms with E-state index in [0.29, 0.717) is 28.1 Å². The van der Waals surface area contributed by atoms with E-state index in [2.05, 4.69) is 26.7 Å². The Bertz CT molecular complexity index is 1150. The molecule has 1 aromatic carbocycles. The second-order valence-electron chi connectivity index (χ2n) is 9.36. The highest BCUT2D eigenvalue weighted by molar-refractivity contribution is 6.33. The van der Waals surface area contributed by atoms with Gasteiger partial charge in [-0.1, -0.05) is 48.3 Å². The van der Waals surface area contributed by atoms with Gasteiger partial charge in [-0.2, -0.15) is 0 Å². The molecule has 7 nitrogen and oxygen atoms in total. The van der Waals surface area contributed by atoms with E-state index in [9.17, 15) is 4.79 Å². The second kappa shape index (κ2) is 10.4. The van der Waals surface area contributed by atoms with Gasteiger partial charge in [0.25, 0.3) is 5.91 Å². The number of carbonyl (C=O) groups excluding carboxylic acids is 1. The van der Waals surface area contributed by atoms with Crippen molar-refractivity contribution in [1.82, 2.24) is 24.8 Å². The fraction of sp³-hybridized carbons (Fsp3) is 0.423. The van der Waals surface area contributed by atoms with Crippen LogP contribution in [0, 0.1) is 0 Å². The number of rotatable bonds is 5. The average Bonchev–Trinajstić information content (AvgIpc) is 3.44. The lowest BCUT2D eigenvalue weighted by molar-refractivity contribution is 0.0491. The number of halogens is 1. The van der Waals surface area contributed by atoms with Crippen LogP contribution in [0.25, 0.3) is 11.4 Å². The van der Waals surface area contributed by atoms with Crippen LogP contribution in [0.2, 0.25) is 5.02 Å². The maximum atomic E-state index is 12.9. The summed E-state index contributed by atoms with van der Waals surface area (Å²) in [5.41, 5.74) is 2.27. The van der Waals surface area contributed by atoms with Gasteiger partial charge in [0.1, 0.15) is 19.5 Å². The van der Waals surface area contributed by atoms with Crippen LogP contribution in [-0.4, -0.2) is 83.3 Å². The zero-order valence-corrected chi connectivity index (χ0v) is 20.8. The van der Waals surface area contributed by atoms with Crippen LogP contribution >= 0.6 is 11.6 Å². The maximum Gasteiger partial charge on any atom is 0.253 e. The van der Waals surface area contributed by atoms with E-state index < -0.39 is 0 Å². The predicted molar refractivity (Wildman–Crippen MR) is 141 cm³/mol. The summed E-state index contributed by atoms with van der Waals surface area (Å²) < 4.78 is 0. The number of H-pyrrole nitrogens is 1. The number of piperidine rings is 1. The number of carbonyl (C=O) groups is 1. The zero-order chi connectivity index (χ0) is 24.4. The number of anilines is 1. The van der Waals surface area contributed by atoms with Gasteiger partial charge in [0.2, 0.25) is 0 Å². The van der Waals surface area contributed by atoms with Gasteiger partial charge in [0, 0.05) is 74.5 Å². The smallest absolute Gasteiger partial charge is 0.253 e. The maximum absolute atomic E-state index is 12.9. The fourth-order valence-corrected chi connectivity index (χ4v) is 5.62. The van der Waals surface area contributed by atoms with Crippen molar-refractivity contribution in [2.75, 3.05) is 37.6 Å². The van der Waals surface area contributed by atoms with Crippen LogP contribution in [0.15, 0.2) is 48.9 Å². The minimum atomic E-state index is 0.0963. The quantitative estimate of drug-likeness (QED) is 0.559. The summed E-state index contributed by atoms with van der Waals surface area (Å²) in [7, 11) is 5.77. The first-order valence-electron chi connectivity index (χ1n) is 12.3. The topological polar surface area (TPSA) is 68.4 Å². The summed E-state index contributed by atoms with van der Waals surface area (Å²) in [4.78, 5) is 31.9. The fourth-order valence-electron chi connectivity index (χ4n) is 5.33. The van der Waals surface area contributed by atoms with E-state index in [1.807, 2.05) is 29.3 Å². The van der Waals surface area contributed by atoms with Crippen molar-refractivity contribution in [2.45, 2.75) is 38.3 Å². The monoisotopic (exact) mass is 488 g/mol. The van der Waals surface area contributed by atoms with Gasteiger partial charge >= 0.3 is 0 Å². The van der Waals surface area contributed by atoms with Gasteiger partial charge in [-0.05, 0) is 25.3 Å². The van der Waals surface area contributed by atoms with E-state index in [1.165, 1.54) is 0 Å². The molecule has 3 aromatic rings. The lowest BCUT2D eigenvalue weighted by atomic mass is 9.94. The molecule has 9 heteroatoms. The summed E-state index contributed by atoms with van der Waals surface area (Å²) >= 11 is 6.66. The Morgan fingerprint density at radius 1 is 1.14 bits per heavy atom. The summed E-state index contributed by atoms with van der Waals surface area (Å²) in [5, 5.41) is 0.650. The van der Waals surface area contributed by atoms with Crippen molar-refractivity contribution in [1.29, 1.82) is 0 Å². The first-order chi connectivity index (χ1) is 17.0. The summed E-state index contributed by atoms with van der Waals surface area (Å²) in [6.07, 6.45) is 8.40. The number of likely N-dealkylation sites (tertiary alicyclic amines) is 1. The van der Waals surface area contributed by atoms with Crippen molar-refractivity contribution >= 4 is 36.6 Å². The number of benzene rings is 1. The molecule has 2 aliphatic rings. The molecule has 2 saturated heterocycles. The molecule has 0 unspecified atom stereocenters. The number of imidazole rings is 1. The molecule has 1 amide bonds. The van der Waals surface area contributed by atoms with Crippen molar-refractivity contribution in [2.24, 2.45) is 0 Å². The van der Waals surface area contributed by atoms with Gasteiger partial charge in [0.15, 0.2) is 0 Å². The highest BCUT2D eigenvalue weighted by Crippen LogP contribution is 2.31. The predicted octanol–water partition coefficient (Wildman–Crippen LogP) is 3.12. The lowest BCUT2D eigenvalue weighted by Gasteiger charge is -2.47. The van der Waals surface area contributed by atoms with E-state index in [0.717, 1.165) is 69.2 Å². The molecular formula is C26H30BClN6O. The third kappa shape index (κ3) is 5.09. The third-order valence-corrected chi connectivity index (χ3v) is 7.55. The highest BCUT2D eigenvalue weighted by atomic mass is 35.5. The molecule has 0 bridgehead atoms. The zero-order valence-electron chi connectivity index (χ0n) is 20.0. The average molecular weight is 489 g/mol. The first-order valence-corrected chi connectivity index (χ1v) is 12.7. The van der Waals surface area contributed by atoms with E-state index in [4.69, 9.17) is 24.4 Å². The minimum absolute atomic E-state index is 0.0963. The normalized spacial score (nSPS) is 19.8. The Balaban J connectivity index is 1.20. The molecule has 5 rings (SSSR count). The van der Waals surface area contributed by atoms with E-state index in [1.54, 1.807) is 24.5 Å². The third-order valence-electron chi connectivity index (χ3n) is 7.27. The number of nitrogens with one attached hydrogen (secondary N) is 1.